The van der Waals surface area contributed by atoms with Gasteiger partial charge >= 0.3 is 6.18 Å². The van der Waals surface area contributed by atoms with Gasteiger partial charge in [-0.15, -0.1) is 0 Å². The van der Waals surface area contributed by atoms with E-state index in [-0.39, 0.29) is 36.5 Å². The lowest BCUT2D eigenvalue weighted by Gasteiger charge is -2.21. The molecule has 0 aliphatic heterocycles. The number of hydrogen-bond acceptors (Lipinski definition) is 6. The Bertz CT molecular complexity index is 1860. The molecule has 0 N–H and O–H groups in total. The number of carbonyl (C=O) groups excluding carboxylic acids is 1. The van der Waals surface area contributed by atoms with Gasteiger partial charge in [0.25, 0.3) is 5.56 Å². The highest BCUT2D eigenvalue weighted by Crippen LogP contribution is 2.37. The molecule has 0 aliphatic rings. The second-order valence-electron chi connectivity index (χ2n) is 9.96. The Kier molecular flexibility index (Phi) is 8.43. The van der Waals surface area contributed by atoms with Crippen LogP contribution in [0.3, 0.4) is 0 Å². The molecular formula is C30H27ClF3N5O4. The molecule has 1 unspecified atom stereocenters. The van der Waals surface area contributed by atoms with E-state index in [2.05, 4.69) is 10.1 Å². The molecular weight excluding hydrogens is 587 g/mol. The highest BCUT2D eigenvalue weighted by molar-refractivity contribution is 6.31. The van der Waals surface area contributed by atoms with Gasteiger partial charge in [-0.2, -0.15) is 18.3 Å². The predicted molar refractivity (Wildman–Crippen MR) is 155 cm³/mol. The molecule has 5 rings (SSSR count). The second kappa shape index (κ2) is 12.1. The fourth-order valence-electron chi connectivity index (χ4n) is 5.01. The number of fused-ring (bicyclic) bond motifs is 1. The zero-order valence-corrected chi connectivity index (χ0v) is 24.2. The van der Waals surface area contributed by atoms with Crippen molar-refractivity contribution in [1.82, 2.24) is 23.9 Å². The lowest BCUT2D eigenvalue weighted by Crippen LogP contribution is -2.31. The van der Waals surface area contributed by atoms with Crippen LogP contribution in [0.4, 0.5) is 13.2 Å². The van der Waals surface area contributed by atoms with E-state index in [1.54, 1.807) is 4.68 Å². The summed E-state index contributed by atoms with van der Waals surface area (Å²) in [4.78, 5) is 30.7. The molecule has 2 aromatic carbocycles. The van der Waals surface area contributed by atoms with Crippen LogP contribution in [0.25, 0.3) is 27.7 Å². The van der Waals surface area contributed by atoms with Crippen molar-refractivity contribution in [2.75, 3.05) is 20.8 Å². The number of methoxy groups -OCH3 is 2. The number of carbonyl (C=O) groups is 1. The minimum Gasteiger partial charge on any atom is -0.495 e. The van der Waals surface area contributed by atoms with Crippen molar-refractivity contribution < 1.29 is 27.4 Å². The van der Waals surface area contributed by atoms with Crippen molar-refractivity contribution in [3.63, 3.8) is 0 Å². The summed E-state index contributed by atoms with van der Waals surface area (Å²) in [5.41, 5.74) is 0.899. The number of ether oxygens (including phenoxy) is 2. The predicted octanol–water partition coefficient (Wildman–Crippen LogP) is 5.66. The Hall–Kier alpha value is -4.42. The van der Waals surface area contributed by atoms with Gasteiger partial charge in [-0.25, -0.2) is 4.98 Å². The van der Waals surface area contributed by atoms with Crippen LogP contribution in [0.5, 0.6) is 5.75 Å². The molecule has 43 heavy (non-hydrogen) atoms. The Morgan fingerprint density at radius 3 is 2.53 bits per heavy atom. The van der Waals surface area contributed by atoms with Crippen molar-refractivity contribution >= 4 is 28.3 Å². The fraction of sp³-hybridized carbons (Fsp3) is 0.267. The average Bonchev–Trinajstić information content (AvgIpc) is 3.60. The van der Waals surface area contributed by atoms with Gasteiger partial charge in [0.1, 0.15) is 5.75 Å². The first-order chi connectivity index (χ1) is 20.5. The molecule has 0 aliphatic carbocycles. The number of ketones is 1. The van der Waals surface area contributed by atoms with Gasteiger partial charge in [-0.3, -0.25) is 14.3 Å². The summed E-state index contributed by atoms with van der Waals surface area (Å²) in [6.45, 7) is 0.217. The summed E-state index contributed by atoms with van der Waals surface area (Å²) < 4.78 is 54.8. The van der Waals surface area contributed by atoms with Crippen LogP contribution in [0.1, 0.15) is 23.7 Å². The van der Waals surface area contributed by atoms with Gasteiger partial charge in [-0.1, -0.05) is 17.7 Å². The molecule has 0 amide bonds. The molecule has 0 bridgehead atoms. The van der Waals surface area contributed by atoms with Gasteiger partial charge in [0.15, 0.2) is 11.5 Å². The molecule has 9 nitrogen and oxygen atoms in total. The number of nitrogens with zero attached hydrogens (tertiary/aromatic N) is 5. The van der Waals surface area contributed by atoms with E-state index in [4.69, 9.17) is 21.1 Å². The quantitative estimate of drug-likeness (QED) is 0.202. The third kappa shape index (κ3) is 6.35. The molecule has 0 spiro atoms. The highest BCUT2D eigenvalue weighted by atomic mass is 35.5. The lowest BCUT2D eigenvalue weighted by molar-refractivity contribution is -0.140. The van der Waals surface area contributed by atoms with Crippen LogP contribution in [-0.2, 0) is 29.2 Å². The normalized spacial score (nSPS) is 12.5. The molecule has 3 aromatic heterocycles. The van der Waals surface area contributed by atoms with E-state index in [0.717, 1.165) is 29.0 Å². The molecule has 3 heterocycles. The first-order valence-corrected chi connectivity index (χ1v) is 13.5. The number of aryl methyl sites for hydroxylation is 1. The van der Waals surface area contributed by atoms with Crippen LogP contribution < -0.4 is 10.3 Å². The summed E-state index contributed by atoms with van der Waals surface area (Å²) in [5, 5.41) is 5.54. The van der Waals surface area contributed by atoms with Gasteiger partial charge in [0, 0.05) is 67.2 Å². The lowest BCUT2D eigenvalue weighted by atomic mass is 9.99. The zero-order chi connectivity index (χ0) is 30.9. The molecule has 0 saturated heterocycles. The number of alkyl halides is 3. The van der Waals surface area contributed by atoms with Gasteiger partial charge < -0.3 is 18.6 Å². The van der Waals surface area contributed by atoms with Crippen LogP contribution in [-0.4, -0.2) is 50.5 Å². The standard InChI is InChI=1S/C30H27ClF3N5O4/c1-37-14-19-10-18(4-6-23(19)36-37)11-26(40)25(8-9-42-2)39-15-27(43-3)22(13-29(39)41)21-12-20(31)5-7-24(21)38-16-28(35-17-38)30(32,33)34/h4-7,10,12-17,25H,8-9,11H2,1-3H3. The van der Waals surface area contributed by atoms with Gasteiger partial charge in [0.2, 0.25) is 0 Å². The van der Waals surface area contributed by atoms with Crippen LogP contribution in [0.15, 0.2) is 72.2 Å². The van der Waals surface area contributed by atoms with E-state index in [9.17, 15) is 22.8 Å². The van der Waals surface area contributed by atoms with Gasteiger partial charge in [0.05, 0.1) is 36.9 Å². The monoisotopic (exact) mass is 613 g/mol. The summed E-state index contributed by atoms with van der Waals surface area (Å²) in [6.07, 6.45) is 0.830. The van der Waals surface area contributed by atoms with Crippen molar-refractivity contribution in [3.05, 3.63) is 94.0 Å². The number of Topliss-reactive ketones (excluding diaryl/α,β-unsaturated/α-hetero) is 1. The first-order valence-electron chi connectivity index (χ1n) is 13.1. The highest BCUT2D eigenvalue weighted by Gasteiger charge is 2.34. The maximum atomic E-state index is 13.6. The number of pyridine rings is 1. The van der Waals surface area contributed by atoms with Crippen LogP contribution in [0, 0.1) is 0 Å². The zero-order valence-electron chi connectivity index (χ0n) is 23.4. The molecule has 0 fully saturated rings. The van der Waals surface area contributed by atoms with Crippen LogP contribution in [0.2, 0.25) is 5.02 Å². The minimum atomic E-state index is -4.64. The number of hydrogen-bond donors (Lipinski definition) is 0. The number of imidazole rings is 1. The third-order valence-corrected chi connectivity index (χ3v) is 7.26. The molecule has 0 saturated carbocycles. The first kappa shape index (κ1) is 30.1. The Balaban J connectivity index is 1.55. The van der Waals surface area contributed by atoms with Crippen molar-refractivity contribution in [2.45, 2.75) is 25.1 Å². The Morgan fingerprint density at radius 2 is 1.84 bits per heavy atom. The minimum absolute atomic E-state index is 0.0658. The third-order valence-electron chi connectivity index (χ3n) is 7.03. The fourth-order valence-corrected chi connectivity index (χ4v) is 5.18. The Labute approximate surface area is 249 Å². The topological polar surface area (TPSA) is 93.2 Å². The Morgan fingerprint density at radius 1 is 1.05 bits per heavy atom. The number of benzene rings is 2. The van der Waals surface area contributed by atoms with E-state index >= 15 is 0 Å². The van der Waals surface area contributed by atoms with E-state index in [0.29, 0.717) is 16.3 Å². The molecule has 1 atom stereocenters. The molecule has 224 valence electrons. The number of halogens is 4. The maximum absolute atomic E-state index is 13.6. The smallest absolute Gasteiger partial charge is 0.434 e. The van der Waals surface area contributed by atoms with Crippen molar-refractivity contribution in [3.8, 4) is 22.6 Å². The van der Waals surface area contributed by atoms with E-state index in [1.807, 2.05) is 31.4 Å². The maximum Gasteiger partial charge on any atom is 0.434 e. The van der Waals surface area contributed by atoms with Crippen molar-refractivity contribution in [2.24, 2.45) is 7.05 Å². The van der Waals surface area contributed by atoms with Crippen molar-refractivity contribution in [1.29, 1.82) is 0 Å². The summed E-state index contributed by atoms with van der Waals surface area (Å²) in [6, 6.07) is 10.5. The second-order valence-corrected chi connectivity index (χ2v) is 10.4. The van der Waals surface area contributed by atoms with Crippen LogP contribution >= 0.6 is 11.6 Å². The number of rotatable bonds is 10. The number of aromatic nitrogens is 5. The van der Waals surface area contributed by atoms with E-state index in [1.165, 1.54) is 53.8 Å². The summed E-state index contributed by atoms with van der Waals surface area (Å²) in [7, 11) is 4.72. The van der Waals surface area contributed by atoms with Gasteiger partial charge in [-0.05, 0) is 42.3 Å². The van der Waals surface area contributed by atoms with E-state index < -0.39 is 23.5 Å². The summed E-state index contributed by atoms with van der Waals surface area (Å²) >= 11 is 6.27. The molecule has 13 heteroatoms. The molecule has 5 aromatic rings. The average molecular weight is 614 g/mol. The molecule has 0 radical (unpaired) electrons. The SMILES string of the molecule is COCCC(C(=O)Cc1ccc2nn(C)cc2c1)n1cc(OC)c(-c2cc(Cl)ccc2-n2cnc(C(F)(F)F)c2)cc1=O. The summed E-state index contributed by atoms with van der Waals surface area (Å²) in [5.74, 6) is 0.00464. The largest absolute Gasteiger partial charge is 0.495 e.